The van der Waals surface area contributed by atoms with Crippen molar-refractivity contribution in [3.8, 4) is 0 Å². The molecule has 0 saturated heterocycles. The zero-order valence-corrected chi connectivity index (χ0v) is 16.7. The number of nitrogens with one attached hydrogen (secondary N) is 1. The maximum absolute atomic E-state index is 6.04. The first-order valence-electron chi connectivity index (χ1n) is 7.31. The summed E-state index contributed by atoms with van der Waals surface area (Å²) in [4.78, 5) is 6.76. The molecule has 23 heavy (non-hydrogen) atoms. The molecule has 1 N–H and O–H groups in total. The highest BCUT2D eigenvalue weighted by molar-refractivity contribution is 14.0. The van der Waals surface area contributed by atoms with Crippen LogP contribution in [0.1, 0.15) is 18.2 Å². The fourth-order valence-electron chi connectivity index (χ4n) is 2.17. The van der Waals surface area contributed by atoms with Gasteiger partial charge in [-0.2, -0.15) is 5.10 Å². The third-order valence-corrected chi connectivity index (χ3v) is 3.55. The molecule has 7 heteroatoms. The number of aromatic nitrogens is 2. The van der Waals surface area contributed by atoms with Crippen molar-refractivity contribution in [1.29, 1.82) is 0 Å². The van der Waals surface area contributed by atoms with Crippen molar-refractivity contribution in [2.75, 3.05) is 13.6 Å². The van der Waals surface area contributed by atoms with Crippen LogP contribution in [0.3, 0.4) is 0 Å². The first-order chi connectivity index (χ1) is 10.6. The standard InChI is InChI=1S/C16H22ClN5.HI/c1-4-18-16(19-11-15-8-9-20-22(15)3)21(2)12-13-6-5-7-14(17)10-13;/h5-10H,4,11-12H2,1-3H3,(H,18,19);1H. The minimum absolute atomic E-state index is 0. The van der Waals surface area contributed by atoms with Gasteiger partial charge in [-0.05, 0) is 30.7 Å². The van der Waals surface area contributed by atoms with Crippen LogP contribution in [0.2, 0.25) is 5.02 Å². The molecular formula is C16H23ClIN5. The average molecular weight is 448 g/mol. The molecule has 1 aromatic heterocycles. The van der Waals surface area contributed by atoms with Crippen LogP contribution >= 0.6 is 35.6 Å². The van der Waals surface area contributed by atoms with Crippen LogP contribution in [0.4, 0.5) is 0 Å². The minimum Gasteiger partial charge on any atom is -0.357 e. The molecule has 0 unspecified atom stereocenters. The number of hydrogen-bond donors (Lipinski definition) is 1. The Morgan fingerprint density at radius 1 is 1.39 bits per heavy atom. The normalized spacial score (nSPS) is 11.0. The van der Waals surface area contributed by atoms with Gasteiger partial charge < -0.3 is 10.2 Å². The smallest absolute Gasteiger partial charge is 0.194 e. The molecule has 1 aromatic carbocycles. The molecule has 0 saturated carbocycles. The van der Waals surface area contributed by atoms with Gasteiger partial charge in [0.15, 0.2) is 5.96 Å². The number of hydrogen-bond acceptors (Lipinski definition) is 2. The van der Waals surface area contributed by atoms with Gasteiger partial charge in [-0.15, -0.1) is 24.0 Å². The van der Waals surface area contributed by atoms with Crippen LogP contribution in [-0.4, -0.2) is 34.2 Å². The van der Waals surface area contributed by atoms with Crippen molar-refractivity contribution >= 4 is 41.5 Å². The first kappa shape index (κ1) is 19.8. The van der Waals surface area contributed by atoms with Crippen LogP contribution in [0, 0.1) is 0 Å². The Morgan fingerprint density at radius 3 is 2.78 bits per heavy atom. The Balaban J connectivity index is 0.00000264. The highest BCUT2D eigenvalue weighted by Gasteiger charge is 2.07. The first-order valence-corrected chi connectivity index (χ1v) is 7.68. The Kier molecular flexibility index (Phi) is 8.40. The summed E-state index contributed by atoms with van der Waals surface area (Å²) in [6.45, 7) is 4.23. The summed E-state index contributed by atoms with van der Waals surface area (Å²) in [5, 5.41) is 8.23. The van der Waals surface area contributed by atoms with E-state index in [1.807, 2.05) is 43.0 Å². The quantitative estimate of drug-likeness (QED) is 0.435. The van der Waals surface area contributed by atoms with Crippen LogP contribution in [0.15, 0.2) is 41.5 Å². The van der Waals surface area contributed by atoms with Crippen molar-refractivity contribution < 1.29 is 0 Å². The Hall–Kier alpha value is -1.28. The number of rotatable bonds is 5. The highest BCUT2D eigenvalue weighted by atomic mass is 127. The summed E-state index contributed by atoms with van der Waals surface area (Å²) in [5.41, 5.74) is 2.23. The molecule has 0 fully saturated rings. The van der Waals surface area contributed by atoms with E-state index in [4.69, 9.17) is 11.6 Å². The van der Waals surface area contributed by atoms with Crippen molar-refractivity contribution in [2.45, 2.75) is 20.0 Å². The van der Waals surface area contributed by atoms with E-state index >= 15 is 0 Å². The maximum atomic E-state index is 6.04. The van der Waals surface area contributed by atoms with Gasteiger partial charge in [0.25, 0.3) is 0 Å². The molecule has 0 aliphatic rings. The third kappa shape index (κ3) is 6.02. The lowest BCUT2D eigenvalue weighted by Gasteiger charge is -2.22. The van der Waals surface area contributed by atoms with Crippen molar-refractivity contribution in [3.63, 3.8) is 0 Å². The topological polar surface area (TPSA) is 45.5 Å². The minimum atomic E-state index is 0. The van der Waals surface area contributed by atoms with Gasteiger partial charge in [0, 0.05) is 38.4 Å². The molecule has 2 rings (SSSR count). The SMILES string of the molecule is CCNC(=NCc1ccnn1C)N(C)Cc1cccc(Cl)c1.I. The summed E-state index contributed by atoms with van der Waals surface area (Å²) in [5.74, 6) is 0.865. The van der Waals surface area contributed by atoms with Crippen molar-refractivity contribution in [1.82, 2.24) is 20.0 Å². The molecule has 2 aromatic rings. The Bertz CT molecular complexity index is 641. The van der Waals surface area contributed by atoms with Gasteiger partial charge in [0.05, 0.1) is 12.2 Å². The molecule has 1 heterocycles. The summed E-state index contributed by atoms with van der Waals surface area (Å²) >= 11 is 6.04. The average Bonchev–Trinajstić information content (AvgIpc) is 2.88. The molecule has 0 amide bonds. The number of aryl methyl sites for hydroxylation is 1. The van der Waals surface area contributed by atoms with E-state index in [0.717, 1.165) is 35.3 Å². The predicted molar refractivity (Wildman–Crippen MR) is 106 cm³/mol. The zero-order valence-electron chi connectivity index (χ0n) is 13.7. The monoisotopic (exact) mass is 447 g/mol. The van der Waals surface area contributed by atoms with Gasteiger partial charge in [0.1, 0.15) is 0 Å². The summed E-state index contributed by atoms with van der Waals surface area (Å²) < 4.78 is 1.84. The number of halogens is 2. The van der Waals surface area contributed by atoms with E-state index in [1.165, 1.54) is 0 Å². The van der Waals surface area contributed by atoms with E-state index in [9.17, 15) is 0 Å². The predicted octanol–water partition coefficient (Wildman–Crippen LogP) is 3.29. The molecule has 0 atom stereocenters. The molecule has 0 aliphatic heterocycles. The largest absolute Gasteiger partial charge is 0.357 e. The zero-order chi connectivity index (χ0) is 15.9. The highest BCUT2D eigenvalue weighted by Crippen LogP contribution is 2.12. The number of aliphatic imine (C=N–C) groups is 1. The number of benzene rings is 1. The second kappa shape index (κ2) is 9.77. The molecular weight excluding hydrogens is 425 g/mol. The van der Waals surface area contributed by atoms with Gasteiger partial charge in [-0.3, -0.25) is 4.68 Å². The summed E-state index contributed by atoms with van der Waals surface area (Å²) in [6, 6.07) is 9.86. The van der Waals surface area contributed by atoms with E-state index in [2.05, 4.69) is 33.3 Å². The molecule has 0 aliphatic carbocycles. The fraction of sp³-hybridized carbons (Fsp3) is 0.375. The van der Waals surface area contributed by atoms with Crippen molar-refractivity contribution in [2.24, 2.45) is 12.0 Å². The summed E-state index contributed by atoms with van der Waals surface area (Å²) in [6.07, 6.45) is 1.79. The van der Waals surface area contributed by atoms with E-state index in [-0.39, 0.29) is 24.0 Å². The van der Waals surface area contributed by atoms with Crippen molar-refractivity contribution in [3.05, 3.63) is 52.8 Å². The molecule has 126 valence electrons. The Morgan fingerprint density at radius 2 is 2.17 bits per heavy atom. The van der Waals surface area contributed by atoms with E-state index in [0.29, 0.717) is 6.54 Å². The second-order valence-corrected chi connectivity index (χ2v) is 5.54. The van der Waals surface area contributed by atoms with Gasteiger partial charge >= 0.3 is 0 Å². The fourth-order valence-corrected chi connectivity index (χ4v) is 2.38. The second-order valence-electron chi connectivity index (χ2n) is 5.10. The van der Waals surface area contributed by atoms with Crippen LogP contribution in [0.5, 0.6) is 0 Å². The lowest BCUT2D eigenvalue weighted by molar-refractivity contribution is 0.476. The summed E-state index contributed by atoms with van der Waals surface area (Å²) in [7, 11) is 3.94. The molecule has 0 radical (unpaired) electrons. The van der Waals surface area contributed by atoms with Gasteiger partial charge in [-0.1, -0.05) is 23.7 Å². The Labute approximate surface area is 159 Å². The van der Waals surface area contributed by atoms with E-state index < -0.39 is 0 Å². The molecule has 5 nitrogen and oxygen atoms in total. The van der Waals surface area contributed by atoms with Crippen LogP contribution < -0.4 is 5.32 Å². The lowest BCUT2D eigenvalue weighted by Crippen LogP contribution is -2.38. The maximum Gasteiger partial charge on any atom is 0.194 e. The van der Waals surface area contributed by atoms with Crippen LogP contribution in [-0.2, 0) is 20.1 Å². The molecule has 0 spiro atoms. The van der Waals surface area contributed by atoms with E-state index in [1.54, 1.807) is 6.20 Å². The lowest BCUT2D eigenvalue weighted by atomic mass is 10.2. The third-order valence-electron chi connectivity index (χ3n) is 3.32. The number of guanidine groups is 1. The van der Waals surface area contributed by atoms with Crippen LogP contribution in [0.25, 0.3) is 0 Å². The van der Waals surface area contributed by atoms with Gasteiger partial charge in [-0.25, -0.2) is 4.99 Å². The molecule has 0 bridgehead atoms. The van der Waals surface area contributed by atoms with Gasteiger partial charge in [0.2, 0.25) is 0 Å². The number of nitrogens with zero attached hydrogens (tertiary/aromatic N) is 4.